The van der Waals surface area contributed by atoms with Gasteiger partial charge in [0.1, 0.15) is 0 Å². The van der Waals surface area contributed by atoms with E-state index in [1.807, 2.05) is 60.0 Å². The number of aromatic nitrogens is 1. The molecule has 2 saturated carbocycles. The van der Waals surface area contributed by atoms with Crippen LogP contribution in [0, 0.1) is 29.1 Å². The molecule has 6 heteroatoms. The lowest BCUT2D eigenvalue weighted by Gasteiger charge is -2.53. The Morgan fingerprint density at radius 1 is 1.24 bits per heavy atom. The Balaban J connectivity index is 1.37. The minimum absolute atomic E-state index is 0.0470. The summed E-state index contributed by atoms with van der Waals surface area (Å²) in [5, 5.41) is 13.7. The topological polar surface area (TPSA) is 69.0 Å². The molecule has 7 unspecified atom stereocenters. The Labute approximate surface area is 175 Å². The third-order valence-corrected chi connectivity index (χ3v) is 8.37. The van der Waals surface area contributed by atoms with E-state index in [2.05, 4.69) is 28.5 Å². The Morgan fingerprint density at radius 3 is 2.72 bits per heavy atom. The van der Waals surface area contributed by atoms with Crippen molar-refractivity contribution in [1.29, 1.82) is 5.26 Å². The van der Waals surface area contributed by atoms with Gasteiger partial charge in [-0.15, -0.1) is 11.8 Å². The second kappa shape index (κ2) is 7.38. The van der Waals surface area contributed by atoms with Crippen molar-refractivity contribution in [3.63, 3.8) is 0 Å². The van der Waals surface area contributed by atoms with Gasteiger partial charge in [0.2, 0.25) is 5.91 Å². The summed E-state index contributed by atoms with van der Waals surface area (Å²) < 4.78 is 0. The molecule has 2 aliphatic carbocycles. The van der Waals surface area contributed by atoms with Crippen molar-refractivity contribution in [2.24, 2.45) is 17.8 Å². The number of hydrogen-bond donors (Lipinski definition) is 1. The smallest absolute Gasteiger partial charge is 0.227 e. The SMILES string of the molecule is CCN1C(=O)C2CC(Nc3ccccc3)C2SC1C1C(C#N)C1c1ccccn1. The zero-order valence-electron chi connectivity index (χ0n) is 16.3. The molecule has 1 saturated heterocycles. The zero-order valence-corrected chi connectivity index (χ0v) is 17.1. The quantitative estimate of drug-likeness (QED) is 0.822. The first-order valence-electron chi connectivity index (χ1n) is 10.3. The molecule has 1 aromatic heterocycles. The Bertz CT molecular complexity index is 931. The zero-order chi connectivity index (χ0) is 20.0. The number of nitrogens with zero attached hydrogens (tertiary/aromatic N) is 3. The van der Waals surface area contributed by atoms with E-state index in [0.717, 1.165) is 17.8 Å². The Kier molecular flexibility index (Phi) is 4.71. The summed E-state index contributed by atoms with van der Waals surface area (Å²) in [5.74, 6) is 0.558. The fourth-order valence-electron chi connectivity index (χ4n) is 4.96. The van der Waals surface area contributed by atoms with Gasteiger partial charge in [-0.2, -0.15) is 5.26 Å². The van der Waals surface area contributed by atoms with Crippen LogP contribution >= 0.6 is 11.8 Å². The molecule has 1 aliphatic heterocycles. The number of thioether (sulfide) groups is 1. The van der Waals surface area contributed by atoms with Crippen LogP contribution in [0.5, 0.6) is 0 Å². The molecule has 29 heavy (non-hydrogen) atoms. The summed E-state index contributed by atoms with van der Waals surface area (Å²) in [4.78, 5) is 19.7. The maximum atomic E-state index is 13.2. The molecule has 2 aromatic rings. The summed E-state index contributed by atoms with van der Waals surface area (Å²) in [6, 6.07) is 18.9. The van der Waals surface area contributed by atoms with Crippen molar-refractivity contribution in [2.45, 2.75) is 35.9 Å². The largest absolute Gasteiger partial charge is 0.381 e. The van der Waals surface area contributed by atoms with Crippen molar-refractivity contribution >= 4 is 23.4 Å². The summed E-state index contributed by atoms with van der Waals surface area (Å²) in [7, 11) is 0. The Hall–Kier alpha value is -2.52. The van der Waals surface area contributed by atoms with Gasteiger partial charge in [0, 0.05) is 47.3 Å². The van der Waals surface area contributed by atoms with E-state index >= 15 is 0 Å². The minimum Gasteiger partial charge on any atom is -0.381 e. The van der Waals surface area contributed by atoms with Crippen molar-refractivity contribution in [1.82, 2.24) is 9.88 Å². The lowest BCUT2D eigenvalue weighted by atomic mass is 9.78. The minimum atomic E-state index is -0.0681. The van der Waals surface area contributed by atoms with Crippen LogP contribution in [-0.4, -0.2) is 39.0 Å². The third kappa shape index (κ3) is 3.08. The van der Waals surface area contributed by atoms with Crippen LogP contribution in [0.1, 0.15) is 25.0 Å². The Morgan fingerprint density at radius 2 is 2.03 bits per heavy atom. The first kappa shape index (κ1) is 18.5. The molecular formula is C23H24N4OS. The van der Waals surface area contributed by atoms with Gasteiger partial charge in [0.15, 0.2) is 0 Å². The molecule has 0 radical (unpaired) electrons. The second-order valence-corrected chi connectivity index (χ2v) is 9.39. The molecule has 3 aliphatic rings. The predicted octanol–water partition coefficient (Wildman–Crippen LogP) is 3.73. The molecule has 1 N–H and O–H groups in total. The first-order valence-corrected chi connectivity index (χ1v) is 11.2. The van der Waals surface area contributed by atoms with Crippen molar-refractivity contribution in [2.75, 3.05) is 11.9 Å². The lowest BCUT2D eigenvalue weighted by molar-refractivity contribution is -0.140. The van der Waals surface area contributed by atoms with Crippen LogP contribution in [0.3, 0.4) is 0 Å². The standard InChI is InChI=1S/C23H24N4OS/c1-2-27-22(28)15-12-18(26-14-8-4-3-5-9-14)21(15)29-23(27)20-16(13-24)19(20)17-10-6-7-11-25-17/h3-11,15-16,18-21,23,26H,2,12H2,1H3. The number of carbonyl (C=O) groups excluding carboxylic acids is 1. The van der Waals surface area contributed by atoms with Gasteiger partial charge in [0.05, 0.1) is 23.3 Å². The number of fused-ring (bicyclic) bond motifs is 1. The molecule has 7 atom stereocenters. The van der Waals surface area contributed by atoms with Crippen LogP contribution in [0.2, 0.25) is 0 Å². The number of anilines is 1. The molecule has 0 bridgehead atoms. The van der Waals surface area contributed by atoms with E-state index in [-0.39, 0.29) is 40.2 Å². The van der Waals surface area contributed by atoms with Crippen LogP contribution < -0.4 is 5.32 Å². The first-order chi connectivity index (χ1) is 14.2. The highest BCUT2D eigenvalue weighted by Gasteiger charge is 2.63. The maximum absolute atomic E-state index is 13.2. The number of nitriles is 1. The van der Waals surface area contributed by atoms with Gasteiger partial charge >= 0.3 is 0 Å². The molecule has 2 heterocycles. The lowest BCUT2D eigenvalue weighted by Crippen LogP contribution is -2.62. The number of pyridine rings is 1. The van der Waals surface area contributed by atoms with Crippen LogP contribution in [-0.2, 0) is 4.79 Å². The molecule has 3 fully saturated rings. The maximum Gasteiger partial charge on any atom is 0.227 e. The highest BCUT2D eigenvalue weighted by atomic mass is 32.2. The third-order valence-electron chi connectivity index (χ3n) is 6.55. The predicted molar refractivity (Wildman–Crippen MR) is 114 cm³/mol. The summed E-state index contributed by atoms with van der Waals surface area (Å²) in [6.07, 6.45) is 2.67. The average Bonchev–Trinajstić information content (AvgIpc) is 3.48. The molecule has 0 spiro atoms. The summed E-state index contributed by atoms with van der Waals surface area (Å²) in [5.41, 5.74) is 2.08. The van der Waals surface area contributed by atoms with Gasteiger partial charge < -0.3 is 10.2 Å². The number of nitrogens with one attached hydrogen (secondary N) is 1. The summed E-state index contributed by atoms with van der Waals surface area (Å²) >= 11 is 1.90. The monoisotopic (exact) mass is 404 g/mol. The van der Waals surface area contributed by atoms with E-state index in [1.54, 1.807) is 6.20 Å². The van der Waals surface area contributed by atoms with Crippen LogP contribution in [0.25, 0.3) is 0 Å². The fourth-order valence-corrected chi connectivity index (χ4v) is 6.99. The number of benzene rings is 1. The molecule has 1 aromatic carbocycles. The molecule has 148 valence electrons. The van der Waals surface area contributed by atoms with Gasteiger partial charge in [-0.05, 0) is 37.6 Å². The van der Waals surface area contributed by atoms with Crippen LogP contribution in [0.4, 0.5) is 5.69 Å². The second-order valence-electron chi connectivity index (χ2n) is 8.09. The summed E-state index contributed by atoms with van der Waals surface area (Å²) in [6.45, 7) is 2.74. The highest BCUT2D eigenvalue weighted by molar-refractivity contribution is 8.00. The average molecular weight is 405 g/mol. The molecule has 5 nitrogen and oxygen atoms in total. The van der Waals surface area contributed by atoms with E-state index in [1.165, 1.54) is 0 Å². The molecular weight excluding hydrogens is 380 g/mol. The number of carbonyl (C=O) groups is 1. The highest BCUT2D eigenvalue weighted by Crippen LogP contribution is 2.61. The van der Waals surface area contributed by atoms with Gasteiger partial charge in [0.25, 0.3) is 0 Å². The molecule has 5 rings (SSSR count). The molecule has 1 amide bonds. The van der Waals surface area contributed by atoms with Gasteiger partial charge in [-0.25, -0.2) is 0 Å². The van der Waals surface area contributed by atoms with Crippen molar-refractivity contribution < 1.29 is 4.79 Å². The van der Waals surface area contributed by atoms with Gasteiger partial charge in [-0.3, -0.25) is 9.78 Å². The van der Waals surface area contributed by atoms with Gasteiger partial charge in [-0.1, -0.05) is 24.3 Å². The number of hydrogen-bond acceptors (Lipinski definition) is 5. The van der Waals surface area contributed by atoms with E-state index < -0.39 is 0 Å². The van der Waals surface area contributed by atoms with E-state index in [0.29, 0.717) is 12.6 Å². The van der Waals surface area contributed by atoms with Crippen LogP contribution in [0.15, 0.2) is 54.7 Å². The fraction of sp³-hybridized carbons (Fsp3) is 0.435. The normalized spacial score (nSPS) is 35.2. The number of rotatable bonds is 5. The van der Waals surface area contributed by atoms with Crippen molar-refractivity contribution in [3.05, 3.63) is 60.4 Å². The number of para-hydroxylation sites is 1. The van der Waals surface area contributed by atoms with E-state index in [9.17, 15) is 10.1 Å². The van der Waals surface area contributed by atoms with Crippen molar-refractivity contribution in [3.8, 4) is 6.07 Å². The number of amides is 1. The van der Waals surface area contributed by atoms with E-state index in [4.69, 9.17) is 0 Å².